The summed E-state index contributed by atoms with van der Waals surface area (Å²) in [7, 11) is 0. The van der Waals surface area contributed by atoms with Crippen molar-refractivity contribution >= 4 is 5.97 Å². The smallest absolute Gasteiger partial charge is 0.330 e. The molecule has 0 spiro atoms. The van der Waals surface area contributed by atoms with Gasteiger partial charge < -0.3 is 9.84 Å². The van der Waals surface area contributed by atoms with Gasteiger partial charge in [0.1, 0.15) is 0 Å². The van der Waals surface area contributed by atoms with Gasteiger partial charge in [0.15, 0.2) is 0 Å². The second-order valence-electron chi connectivity index (χ2n) is 3.13. The van der Waals surface area contributed by atoms with Crippen LogP contribution in [0.5, 0.6) is 0 Å². The van der Waals surface area contributed by atoms with Gasteiger partial charge in [-0.05, 0) is 20.3 Å². The van der Waals surface area contributed by atoms with E-state index in [1.165, 1.54) is 0 Å². The Morgan fingerprint density at radius 3 is 2.73 bits per heavy atom. The third kappa shape index (κ3) is 2.35. The molecule has 1 heterocycles. The van der Waals surface area contributed by atoms with Crippen molar-refractivity contribution in [2.24, 2.45) is 0 Å². The summed E-state index contributed by atoms with van der Waals surface area (Å²) in [5, 5.41) is 8.49. The number of rotatable bonds is 3. The van der Waals surface area contributed by atoms with Crippen molar-refractivity contribution in [3.63, 3.8) is 0 Å². The molecule has 62 valence electrons. The number of carboxylic acids is 1. The van der Waals surface area contributed by atoms with Crippen LogP contribution >= 0.6 is 0 Å². The summed E-state index contributed by atoms with van der Waals surface area (Å²) in [6.07, 6.45) is 2.40. The number of ether oxygens (including phenoxy) is 1. The highest BCUT2D eigenvalue weighted by atomic mass is 16.6. The second-order valence-corrected chi connectivity index (χ2v) is 3.13. The SMILES string of the molecule is CC(=CCC1(C)CO1)C(=O)O. The Bertz CT molecular complexity index is 201. The first-order chi connectivity index (χ1) is 5.03. The lowest BCUT2D eigenvalue weighted by Gasteiger charge is -1.98. The highest BCUT2D eigenvalue weighted by molar-refractivity contribution is 5.85. The fourth-order valence-corrected chi connectivity index (χ4v) is 0.697. The van der Waals surface area contributed by atoms with Gasteiger partial charge in [0.25, 0.3) is 0 Å². The molecule has 1 N–H and O–H groups in total. The van der Waals surface area contributed by atoms with Crippen LogP contribution in [0.25, 0.3) is 0 Å². The number of carbonyl (C=O) groups is 1. The zero-order valence-corrected chi connectivity index (χ0v) is 6.76. The van der Waals surface area contributed by atoms with Crippen LogP contribution in [0.1, 0.15) is 20.3 Å². The van der Waals surface area contributed by atoms with E-state index in [0.717, 1.165) is 6.61 Å². The first-order valence-electron chi connectivity index (χ1n) is 3.57. The van der Waals surface area contributed by atoms with Crippen molar-refractivity contribution in [2.75, 3.05) is 6.61 Å². The van der Waals surface area contributed by atoms with E-state index >= 15 is 0 Å². The lowest BCUT2D eigenvalue weighted by atomic mass is 10.1. The first kappa shape index (κ1) is 8.27. The van der Waals surface area contributed by atoms with Gasteiger partial charge in [0.05, 0.1) is 12.2 Å². The summed E-state index contributed by atoms with van der Waals surface area (Å²) in [5.41, 5.74) is 0.318. The minimum Gasteiger partial charge on any atom is -0.478 e. The number of epoxide rings is 1. The molecule has 1 unspecified atom stereocenters. The molecule has 3 nitrogen and oxygen atoms in total. The fraction of sp³-hybridized carbons (Fsp3) is 0.625. The maximum absolute atomic E-state index is 10.3. The lowest BCUT2D eigenvalue weighted by Crippen LogP contribution is -2.03. The van der Waals surface area contributed by atoms with Crippen LogP contribution in [0.2, 0.25) is 0 Å². The van der Waals surface area contributed by atoms with Gasteiger partial charge in [-0.3, -0.25) is 0 Å². The van der Waals surface area contributed by atoms with Gasteiger partial charge in [-0.15, -0.1) is 0 Å². The summed E-state index contributed by atoms with van der Waals surface area (Å²) in [6, 6.07) is 0. The molecule has 0 saturated carbocycles. The maximum Gasteiger partial charge on any atom is 0.330 e. The van der Waals surface area contributed by atoms with Crippen LogP contribution in [0.15, 0.2) is 11.6 Å². The highest BCUT2D eigenvalue weighted by Crippen LogP contribution is 2.30. The molecule has 0 aromatic heterocycles. The van der Waals surface area contributed by atoms with Gasteiger partial charge in [-0.1, -0.05) is 6.08 Å². The van der Waals surface area contributed by atoms with E-state index in [-0.39, 0.29) is 5.60 Å². The van der Waals surface area contributed by atoms with E-state index in [0.29, 0.717) is 12.0 Å². The summed E-state index contributed by atoms with van der Waals surface area (Å²) in [4.78, 5) is 10.3. The van der Waals surface area contributed by atoms with Crippen LogP contribution in [-0.4, -0.2) is 23.3 Å². The van der Waals surface area contributed by atoms with Gasteiger partial charge in [-0.2, -0.15) is 0 Å². The van der Waals surface area contributed by atoms with Crippen molar-refractivity contribution in [2.45, 2.75) is 25.9 Å². The Morgan fingerprint density at radius 2 is 2.36 bits per heavy atom. The molecule has 0 aromatic carbocycles. The molecular weight excluding hydrogens is 144 g/mol. The predicted molar refractivity (Wildman–Crippen MR) is 40.4 cm³/mol. The van der Waals surface area contributed by atoms with E-state index < -0.39 is 5.97 Å². The number of carboxylic acid groups (broad SMARTS) is 1. The van der Waals surface area contributed by atoms with Crippen LogP contribution in [0.3, 0.4) is 0 Å². The van der Waals surface area contributed by atoms with Crippen molar-refractivity contribution in [1.29, 1.82) is 0 Å². The fourth-order valence-electron chi connectivity index (χ4n) is 0.697. The van der Waals surface area contributed by atoms with Crippen LogP contribution in [0.4, 0.5) is 0 Å². The van der Waals surface area contributed by atoms with Crippen molar-refractivity contribution in [1.82, 2.24) is 0 Å². The second kappa shape index (κ2) is 2.66. The average molecular weight is 156 g/mol. The van der Waals surface area contributed by atoms with Crippen molar-refractivity contribution in [3.8, 4) is 0 Å². The Hall–Kier alpha value is -0.830. The van der Waals surface area contributed by atoms with E-state index in [9.17, 15) is 4.79 Å². The minimum atomic E-state index is -0.853. The monoisotopic (exact) mass is 156 g/mol. The van der Waals surface area contributed by atoms with E-state index in [2.05, 4.69) is 0 Å². The molecule has 3 heteroatoms. The van der Waals surface area contributed by atoms with E-state index in [1.54, 1.807) is 13.0 Å². The Kier molecular flexibility index (Phi) is 2.00. The summed E-state index contributed by atoms with van der Waals surface area (Å²) in [6.45, 7) is 4.31. The molecule has 1 saturated heterocycles. The summed E-state index contributed by atoms with van der Waals surface area (Å²) in [5.74, 6) is -0.853. The van der Waals surface area contributed by atoms with E-state index in [4.69, 9.17) is 9.84 Å². The van der Waals surface area contributed by atoms with Crippen molar-refractivity contribution < 1.29 is 14.6 Å². The number of aliphatic carboxylic acids is 1. The molecule has 1 fully saturated rings. The van der Waals surface area contributed by atoms with Crippen LogP contribution in [0, 0.1) is 0 Å². The lowest BCUT2D eigenvalue weighted by molar-refractivity contribution is -0.132. The molecule has 0 bridgehead atoms. The van der Waals surface area contributed by atoms with Crippen LogP contribution < -0.4 is 0 Å². The molecule has 1 aliphatic rings. The number of hydrogen-bond donors (Lipinski definition) is 1. The molecule has 1 rings (SSSR count). The summed E-state index contributed by atoms with van der Waals surface area (Å²) >= 11 is 0. The maximum atomic E-state index is 10.3. The summed E-state index contributed by atoms with van der Waals surface area (Å²) < 4.78 is 5.09. The molecule has 1 aliphatic heterocycles. The van der Waals surface area contributed by atoms with Gasteiger partial charge >= 0.3 is 5.97 Å². The average Bonchev–Trinajstić information content (AvgIpc) is 2.64. The third-order valence-electron chi connectivity index (χ3n) is 1.81. The Morgan fingerprint density at radius 1 is 1.82 bits per heavy atom. The van der Waals surface area contributed by atoms with Crippen LogP contribution in [-0.2, 0) is 9.53 Å². The molecule has 0 radical (unpaired) electrons. The Balaban J connectivity index is 2.40. The first-order valence-corrected chi connectivity index (χ1v) is 3.57. The third-order valence-corrected chi connectivity index (χ3v) is 1.81. The van der Waals surface area contributed by atoms with Gasteiger partial charge in [0.2, 0.25) is 0 Å². The molecule has 0 amide bonds. The van der Waals surface area contributed by atoms with Gasteiger partial charge in [-0.25, -0.2) is 4.79 Å². The Labute approximate surface area is 65.7 Å². The standard InChI is InChI=1S/C8H12O3/c1-6(7(9)10)3-4-8(2)5-11-8/h3H,4-5H2,1-2H3,(H,9,10). The van der Waals surface area contributed by atoms with Gasteiger partial charge in [0, 0.05) is 5.57 Å². The zero-order chi connectivity index (χ0) is 8.48. The normalized spacial score (nSPS) is 30.2. The highest BCUT2D eigenvalue weighted by Gasteiger charge is 2.37. The zero-order valence-electron chi connectivity index (χ0n) is 6.76. The molecular formula is C8H12O3. The number of hydrogen-bond acceptors (Lipinski definition) is 2. The predicted octanol–water partition coefficient (Wildman–Crippen LogP) is 1.20. The topological polar surface area (TPSA) is 49.8 Å². The molecule has 0 aliphatic carbocycles. The van der Waals surface area contributed by atoms with E-state index in [1.807, 2.05) is 6.92 Å². The molecule has 1 atom stereocenters. The van der Waals surface area contributed by atoms with Crippen molar-refractivity contribution in [3.05, 3.63) is 11.6 Å². The molecule has 0 aromatic rings. The minimum absolute atomic E-state index is 0.0727. The quantitative estimate of drug-likeness (QED) is 0.493. The largest absolute Gasteiger partial charge is 0.478 e. The molecule has 11 heavy (non-hydrogen) atoms.